The molecule has 110 valence electrons. The SMILES string of the molecule is COc1cc(Cl)nc(NC(=O)c2ccc(OC)c(F)c2)n1. The average molecular weight is 312 g/mol. The van der Waals surface area contributed by atoms with Crippen LogP contribution in [0, 0.1) is 5.82 Å². The number of carbonyl (C=O) groups excluding carboxylic acids is 1. The van der Waals surface area contributed by atoms with Crippen LogP contribution in [0.1, 0.15) is 10.4 Å². The van der Waals surface area contributed by atoms with Crippen LogP contribution in [0.4, 0.5) is 10.3 Å². The minimum Gasteiger partial charge on any atom is -0.494 e. The van der Waals surface area contributed by atoms with E-state index >= 15 is 0 Å². The molecule has 1 heterocycles. The highest BCUT2D eigenvalue weighted by Crippen LogP contribution is 2.19. The molecule has 2 rings (SSSR count). The van der Waals surface area contributed by atoms with Crippen LogP contribution in [0.15, 0.2) is 24.3 Å². The Labute approximate surface area is 124 Å². The van der Waals surface area contributed by atoms with Crippen molar-refractivity contribution in [1.82, 2.24) is 9.97 Å². The van der Waals surface area contributed by atoms with Crippen LogP contribution in [-0.2, 0) is 0 Å². The molecule has 0 radical (unpaired) electrons. The number of hydrogen-bond donors (Lipinski definition) is 1. The van der Waals surface area contributed by atoms with E-state index in [-0.39, 0.29) is 28.3 Å². The van der Waals surface area contributed by atoms with Crippen molar-refractivity contribution in [3.63, 3.8) is 0 Å². The molecule has 21 heavy (non-hydrogen) atoms. The van der Waals surface area contributed by atoms with Crippen molar-refractivity contribution in [3.05, 3.63) is 40.8 Å². The van der Waals surface area contributed by atoms with Gasteiger partial charge in [-0.2, -0.15) is 4.98 Å². The Bertz CT molecular complexity index is 682. The quantitative estimate of drug-likeness (QED) is 0.878. The Balaban J connectivity index is 2.21. The molecule has 0 spiro atoms. The van der Waals surface area contributed by atoms with Gasteiger partial charge < -0.3 is 9.47 Å². The fourth-order valence-electron chi connectivity index (χ4n) is 1.54. The fraction of sp³-hybridized carbons (Fsp3) is 0.154. The first kappa shape index (κ1) is 15.0. The molecule has 0 fully saturated rings. The number of hydrogen-bond acceptors (Lipinski definition) is 5. The van der Waals surface area contributed by atoms with Crippen LogP contribution >= 0.6 is 11.6 Å². The second-order valence-electron chi connectivity index (χ2n) is 3.86. The van der Waals surface area contributed by atoms with Gasteiger partial charge in [-0.15, -0.1) is 0 Å². The summed E-state index contributed by atoms with van der Waals surface area (Å²) in [5.41, 5.74) is 0.0934. The number of rotatable bonds is 4. The Hall–Kier alpha value is -2.41. The fourth-order valence-corrected chi connectivity index (χ4v) is 1.71. The average Bonchev–Trinajstić information content (AvgIpc) is 2.46. The Kier molecular flexibility index (Phi) is 4.54. The molecule has 1 N–H and O–H groups in total. The van der Waals surface area contributed by atoms with Crippen LogP contribution in [0.3, 0.4) is 0 Å². The van der Waals surface area contributed by atoms with Gasteiger partial charge in [0.05, 0.1) is 14.2 Å². The number of halogens is 2. The molecule has 2 aromatic rings. The maximum atomic E-state index is 13.6. The summed E-state index contributed by atoms with van der Waals surface area (Å²) >= 11 is 5.76. The molecule has 1 aromatic heterocycles. The molecule has 0 aliphatic rings. The maximum Gasteiger partial charge on any atom is 0.258 e. The summed E-state index contributed by atoms with van der Waals surface area (Å²) < 4.78 is 23.2. The van der Waals surface area contributed by atoms with Crippen molar-refractivity contribution in [2.24, 2.45) is 0 Å². The monoisotopic (exact) mass is 311 g/mol. The predicted octanol–water partition coefficient (Wildman–Crippen LogP) is 2.54. The highest BCUT2D eigenvalue weighted by atomic mass is 35.5. The third-order valence-electron chi connectivity index (χ3n) is 2.52. The summed E-state index contributed by atoms with van der Waals surface area (Å²) in [6.07, 6.45) is 0. The largest absolute Gasteiger partial charge is 0.494 e. The molecule has 0 bridgehead atoms. The molecular weight excluding hydrogens is 301 g/mol. The van der Waals surface area contributed by atoms with E-state index in [9.17, 15) is 9.18 Å². The summed E-state index contributed by atoms with van der Waals surface area (Å²) in [4.78, 5) is 19.7. The van der Waals surface area contributed by atoms with Gasteiger partial charge in [0.15, 0.2) is 11.6 Å². The standard InChI is InChI=1S/C13H11ClFN3O3/c1-20-9-4-3-7(5-8(9)15)12(19)18-13-16-10(14)6-11(17-13)21-2/h3-6H,1-2H3,(H,16,17,18,19). The summed E-state index contributed by atoms with van der Waals surface area (Å²) in [5.74, 6) is -1.02. The summed E-state index contributed by atoms with van der Waals surface area (Å²) in [6.45, 7) is 0. The molecule has 0 aliphatic carbocycles. The normalized spacial score (nSPS) is 10.1. The predicted molar refractivity (Wildman–Crippen MR) is 74.5 cm³/mol. The second-order valence-corrected chi connectivity index (χ2v) is 4.25. The number of benzene rings is 1. The second kappa shape index (κ2) is 6.36. The molecule has 0 saturated heterocycles. The van der Waals surface area contributed by atoms with E-state index in [2.05, 4.69) is 15.3 Å². The number of amides is 1. The van der Waals surface area contributed by atoms with E-state index in [1.54, 1.807) is 0 Å². The number of nitrogens with zero attached hydrogens (tertiary/aromatic N) is 2. The first-order chi connectivity index (χ1) is 10.0. The van der Waals surface area contributed by atoms with Crippen LogP contribution < -0.4 is 14.8 Å². The number of ether oxygens (including phenoxy) is 2. The summed E-state index contributed by atoms with van der Waals surface area (Å²) in [7, 11) is 2.74. The maximum absolute atomic E-state index is 13.6. The molecule has 1 amide bonds. The van der Waals surface area contributed by atoms with E-state index in [1.807, 2.05) is 0 Å². The number of methoxy groups -OCH3 is 2. The van der Waals surface area contributed by atoms with E-state index in [4.69, 9.17) is 21.1 Å². The molecule has 8 heteroatoms. The lowest BCUT2D eigenvalue weighted by molar-refractivity contribution is 0.102. The zero-order valence-corrected chi connectivity index (χ0v) is 11.9. The number of nitrogens with one attached hydrogen (secondary N) is 1. The van der Waals surface area contributed by atoms with E-state index in [1.165, 1.54) is 32.4 Å². The van der Waals surface area contributed by atoms with Gasteiger partial charge in [0.1, 0.15) is 5.15 Å². The zero-order valence-electron chi connectivity index (χ0n) is 11.2. The number of anilines is 1. The van der Waals surface area contributed by atoms with Gasteiger partial charge in [-0.05, 0) is 18.2 Å². The molecule has 1 aromatic carbocycles. The number of carbonyl (C=O) groups is 1. The molecule has 0 atom stereocenters. The molecule has 0 saturated carbocycles. The minimum absolute atomic E-state index is 0.0411. The van der Waals surface area contributed by atoms with Crippen LogP contribution in [0.2, 0.25) is 5.15 Å². The van der Waals surface area contributed by atoms with Crippen molar-refractivity contribution >= 4 is 23.5 Å². The van der Waals surface area contributed by atoms with Gasteiger partial charge in [0.2, 0.25) is 11.8 Å². The lowest BCUT2D eigenvalue weighted by Gasteiger charge is -2.07. The smallest absolute Gasteiger partial charge is 0.258 e. The van der Waals surface area contributed by atoms with Crippen molar-refractivity contribution in [3.8, 4) is 11.6 Å². The first-order valence-corrected chi connectivity index (χ1v) is 6.14. The van der Waals surface area contributed by atoms with E-state index in [0.29, 0.717) is 0 Å². The summed E-state index contributed by atoms with van der Waals surface area (Å²) in [6, 6.07) is 5.21. The molecular formula is C13H11ClFN3O3. The van der Waals surface area contributed by atoms with Crippen LogP contribution in [0.5, 0.6) is 11.6 Å². The van der Waals surface area contributed by atoms with Gasteiger partial charge in [-0.25, -0.2) is 9.37 Å². The summed E-state index contributed by atoms with van der Waals surface area (Å²) in [5, 5.41) is 2.51. The van der Waals surface area contributed by atoms with Crippen LogP contribution in [-0.4, -0.2) is 30.1 Å². The van der Waals surface area contributed by atoms with Crippen LogP contribution in [0.25, 0.3) is 0 Å². The molecule has 6 nitrogen and oxygen atoms in total. The molecule has 0 unspecified atom stereocenters. The van der Waals surface area contributed by atoms with Gasteiger partial charge >= 0.3 is 0 Å². The third kappa shape index (κ3) is 3.57. The van der Waals surface area contributed by atoms with Crippen molar-refractivity contribution in [2.75, 3.05) is 19.5 Å². The Morgan fingerprint density at radius 3 is 2.62 bits per heavy atom. The molecule has 0 aliphatic heterocycles. The Morgan fingerprint density at radius 1 is 1.24 bits per heavy atom. The van der Waals surface area contributed by atoms with Gasteiger partial charge in [-0.1, -0.05) is 11.6 Å². The van der Waals surface area contributed by atoms with E-state index < -0.39 is 11.7 Å². The number of aromatic nitrogens is 2. The van der Waals surface area contributed by atoms with Gasteiger partial charge in [0.25, 0.3) is 5.91 Å². The minimum atomic E-state index is -0.644. The topological polar surface area (TPSA) is 73.3 Å². The van der Waals surface area contributed by atoms with Crippen molar-refractivity contribution < 1.29 is 18.7 Å². The van der Waals surface area contributed by atoms with Crippen molar-refractivity contribution in [2.45, 2.75) is 0 Å². The highest BCUT2D eigenvalue weighted by Gasteiger charge is 2.12. The first-order valence-electron chi connectivity index (χ1n) is 5.77. The lowest BCUT2D eigenvalue weighted by Crippen LogP contribution is -2.14. The third-order valence-corrected chi connectivity index (χ3v) is 2.71. The van der Waals surface area contributed by atoms with Gasteiger partial charge in [0, 0.05) is 11.6 Å². The Morgan fingerprint density at radius 2 is 2.00 bits per heavy atom. The van der Waals surface area contributed by atoms with Crippen molar-refractivity contribution in [1.29, 1.82) is 0 Å². The van der Waals surface area contributed by atoms with E-state index in [0.717, 1.165) is 6.07 Å². The lowest BCUT2D eigenvalue weighted by atomic mass is 10.2. The van der Waals surface area contributed by atoms with Gasteiger partial charge in [-0.3, -0.25) is 10.1 Å². The zero-order chi connectivity index (χ0) is 15.4. The highest BCUT2D eigenvalue weighted by molar-refractivity contribution is 6.29.